The first-order chi connectivity index (χ1) is 21.9. The predicted octanol–water partition coefficient (Wildman–Crippen LogP) is 7.19. The molecule has 0 aliphatic carbocycles. The van der Waals surface area contributed by atoms with Gasteiger partial charge in [-0.3, -0.25) is 4.57 Å². The van der Waals surface area contributed by atoms with E-state index in [1.165, 1.54) is 18.0 Å². The summed E-state index contributed by atoms with van der Waals surface area (Å²) in [5.41, 5.74) is 10.3. The van der Waals surface area contributed by atoms with E-state index in [1.54, 1.807) is 14.0 Å². The number of anilines is 1. The topological polar surface area (TPSA) is 132 Å². The number of aromatic nitrogens is 4. The van der Waals surface area contributed by atoms with Crippen molar-refractivity contribution < 1.29 is 18.6 Å². The zero-order valence-corrected chi connectivity index (χ0v) is 26.9. The Kier molecular flexibility index (Phi) is 8.49. The summed E-state index contributed by atoms with van der Waals surface area (Å²) in [5, 5.41) is 7.49. The lowest BCUT2D eigenvalue weighted by atomic mass is 9.77. The van der Waals surface area contributed by atoms with Gasteiger partial charge in [-0.15, -0.1) is 0 Å². The zero-order valence-electron chi connectivity index (χ0n) is 24.7. The molecule has 5 aromatic rings. The minimum Gasteiger partial charge on any atom is -0.497 e. The van der Waals surface area contributed by atoms with Crippen molar-refractivity contribution in [3.8, 4) is 11.6 Å². The number of hydrogen-bond donors (Lipinski definition) is 1. The molecule has 11 nitrogen and oxygen atoms in total. The Balaban J connectivity index is 1.55. The van der Waals surface area contributed by atoms with Crippen LogP contribution in [0.4, 0.5) is 10.3 Å². The molecule has 0 radical (unpaired) electrons. The van der Waals surface area contributed by atoms with Crippen molar-refractivity contribution in [1.82, 2.24) is 19.5 Å². The number of hydrogen-bond acceptors (Lipinski definition) is 8. The smallest absolute Gasteiger partial charge is 0.246 e. The lowest BCUT2D eigenvalue weighted by molar-refractivity contribution is -0.0673. The molecule has 6 rings (SSSR count). The molecule has 4 atom stereocenters. The van der Waals surface area contributed by atoms with Gasteiger partial charge in [-0.05, 0) is 34.4 Å². The highest BCUT2D eigenvalue weighted by Gasteiger charge is 2.54. The lowest BCUT2D eigenvalue weighted by Gasteiger charge is -2.37. The van der Waals surface area contributed by atoms with E-state index in [9.17, 15) is 5.53 Å². The van der Waals surface area contributed by atoms with Crippen molar-refractivity contribution in [2.24, 2.45) is 11.0 Å². The van der Waals surface area contributed by atoms with Crippen LogP contribution < -0.4 is 14.8 Å². The molecule has 3 heterocycles. The van der Waals surface area contributed by atoms with Crippen LogP contribution >= 0.6 is 22.6 Å². The quantitative estimate of drug-likeness (QED) is 0.0404. The first kappa shape index (κ1) is 30.6. The molecule has 2 aromatic heterocycles. The number of alkyl halides is 2. The summed E-state index contributed by atoms with van der Waals surface area (Å²) in [7, 11) is 3.12. The molecule has 0 unspecified atom stereocenters. The molecule has 0 amide bonds. The van der Waals surface area contributed by atoms with E-state index in [-0.39, 0.29) is 16.3 Å². The van der Waals surface area contributed by atoms with E-state index in [0.29, 0.717) is 16.9 Å². The Bertz CT molecular complexity index is 1800. The van der Waals surface area contributed by atoms with Gasteiger partial charge in [0.1, 0.15) is 11.3 Å². The maximum atomic E-state index is 15.9. The van der Waals surface area contributed by atoms with E-state index < -0.39 is 29.6 Å². The third kappa shape index (κ3) is 5.20. The molecule has 1 N–H and O–H groups in total. The van der Waals surface area contributed by atoms with E-state index in [0.717, 1.165) is 16.7 Å². The Labute approximate surface area is 272 Å². The Morgan fingerprint density at radius 2 is 1.62 bits per heavy atom. The average Bonchev–Trinajstić information content (AvgIpc) is 3.62. The molecule has 13 heteroatoms. The van der Waals surface area contributed by atoms with Gasteiger partial charge in [0, 0.05) is 15.3 Å². The summed E-state index contributed by atoms with van der Waals surface area (Å²) in [6.07, 6.45) is -1.21. The standard InChI is InChI=1S/C32H30FIN8O3/c1-20-25(33)29(45-31(20,18-34)40-41-35)42-19-36-26-27(42)37-30(38-28(26)44-3)39-32(21-10-6-4-7-11-21,22-12-8-5-9-13-22)23-14-16-24(43-2)17-15-23/h4-17,19-20,25,29H,18H2,1-3H3,(H,37,38,39)/t20-,25+,29+,31+/m0/s1. The van der Waals surface area contributed by atoms with Crippen LogP contribution in [0.3, 0.4) is 0 Å². The third-order valence-corrected chi connectivity index (χ3v) is 9.38. The van der Waals surface area contributed by atoms with Crippen molar-refractivity contribution in [1.29, 1.82) is 0 Å². The molecule has 45 heavy (non-hydrogen) atoms. The fourth-order valence-corrected chi connectivity index (χ4v) is 6.86. The molecule has 3 aromatic carbocycles. The van der Waals surface area contributed by atoms with E-state index >= 15 is 4.39 Å². The van der Waals surface area contributed by atoms with Crippen LogP contribution in [0, 0.1) is 5.92 Å². The van der Waals surface area contributed by atoms with Crippen LogP contribution in [0.2, 0.25) is 0 Å². The van der Waals surface area contributed by atoms with Gasteiger partial charge in [-0.1, -0.05) is 107 Å². The predicted molar refractivity (Wildman–Crippen MR) is 176 cm³/mol. The first-order valence-corrected chi connectivity index (χ1v) is 15.7. The van der Waals surface area contributed by atoms with Crippen molar-refractivity contribution in [2.75, 3.05) is 24.0 Å². The van der Waals surface area contributed by atoms with Gasteiger partial charge < -0.3 is 19.5 Å². The molecule has 1 aliphatic rings. The van der Waals surface area contributed by atoms with Gasteiger partial charge in [-0.25, -0.2) is 9.37 Å². The van der Waals surface area contributed by atoms with Gasteiger partial charge in [0.05, 0.1) is 20.5 Å². The van der Waals surface area contributed by atoms with Crippen LogP contribution in [0.15, 0.2) is 96.4 Å². The second-order valence-corrected chi connectivity index (χ2v) is 11.4. The van der Waals surface area contributed by atoms with Crippen molar-refractivity contribution in [2.45, 2.75) is 30.6 Å². The van der Waals surface area contributed by atoms with Crippen LogP contribution in [-0.4, -0.2) is 50.1 Å². The van der Waals surface area contributed by atoms with E-state index in [1.807, 2.05) is 108 Å². The number of methoxy groups -OCH3 is 2. The van der Waals surface area contributed by atoms with Crippen LogP contribution in [0.25, 0.3) is 21.6 Å². The summed E-state index contributed by atoms with van der Waals surface area (Å²) in [4.78, 5) is 17.0. The molecule has 1 saturated heterocycles. The summed E-state index contributed by atoms with van der Waals surface area (Å²) in [6, 6.07) is 27.7. The number of benzene rings is 3. The summed E-state index contributed by atoms with van der Waals surface area (Å²) in [6.45, 7) is 1.67. The number of imidazole rings is 1. The number of nitrogens with one attached hydrogen (secondary N) is 1. The molecular weight excluding hydrogens is 690 g/mol. The Morgan fingerprint density at radius 3 is 2.18 bits per heavy atom. The maximum Gasteiger partial charge on any atom is 0.246 e. The van der Waals surface area contributed by atoms with Gasteiger partial charge in [0.15, 0.2) is 29.3 Å². The third-order valence-electron chi connectivity index (χ3n) is 8.28. The molecule has 1 aliphatic heterocycles. The Hall–Kier alpha value is -4.46. The number of nitrogens with zero attached hydrogens (tertiary/aromatic N) is 7. The van der Waals surface area contributed by atoms with Crippen LogP contribution in [-0.2, 0) is 10.3 Å². The molecule has 0 spiro atoms. The zero-order chi connectivity index (χ0) is 31.6. The fraction of sp³-hybridized carbons (Fsp3) is 0.281. The normalized spacial score (nSPS) is 21.3. The lowest BCUT2D eigenvalue weighted by Crippen LogP contribution is -2.38. The van der Waals surface area contributed by atoms with Gasteiger partial charge in [-0.2, -0.15) is 9.97 Å². The van der Waals surface area contributed by atoms with Gasteiger partial charge in [0.25, 0.3) is 0 Å². The van der Waals surface area contributed by atoms with Crippen LogP contribution in [0.5, 0.6) is 11.6 Å². The molecular formula is C32H30FIN8O3. The first-order valence-electron chi connectivity index (χ1n) is 14.2. The number of ether oxygens (including phenoxy) is 3. The summed E-state index contributed by atoms with van der Waals surface area (Å²) >= 11 is 2.04. The summed E-state index contributed by atoms with van der Waals surface area (Å²) in [5.74, 6) is 0.406. The number of fused-ring (bicyclic) bond motifs is 1. The summed E-state index contributed by atoms with van der Waals surface area (Å²) < 4.78 is 34.9. The molecule has 0 bridgehead atoms. The second kappa shape index (κ2) is 12.5. The van der Waals surface area contributed by atoms with Crippen molar-refractivity contribution >= 4 is 39.7 Å². The van der Waals surface area contributed by atoms with E-state index in [4.69, 9.17) is 24.2 Å². The van der Waals surface area contributed by atoms with E-state index in [2.05, 4.69) is 20.3 Å². The van der Waals surface area contributed by atoms with Crippen LogP contribution in [0.1, 0.15) is 29.8 Å². The maximum absolute atomic E-state index is 15.9. The average molecular weight is 721 g/mol. The monoisotopic (exact) mass is 720 g/mol. The highest BCUT2D eigenvalue weighted by Crippen LogP contribution is 2.47. The highest BCUT2D eigenvalue weighted by molar-refractivity contribution is 14.1. The number of azide groups is 1. The second-order valence-electron chi connectivity index (χ2n) is 10.6. The highest BCUT2D eigenvalue weighted by atomic mass is 127. The minimum absolute atomic E-state index is 0.197. The Morgan fingerprint density at radius 1 is 1.00 bits per heavy atom. The van der Waals surface area contributed by atoms with Crippen molar-refractivity contribution in [3.05, 3.63) is 118 Å². The number of rotatable bonds is 10. The number of halogens is 2. The fourth-order valence-electron chi connectivity index (χ4n) is 5.83. The van der Waals surface area contributed by atoms with Gasteiger partial charge >= 0.3 is 0 Å². The largest absolute Gasteiger partial charge is 0.497 e. The minimum atomic E-state index is -1.51. The molecule has 0 saturated carbocycles. The van der Waals surface area contributed by atoms with Crippen molar-refractivity contribution in [3.63, 3.8) is 0 Å². The molecule has 1 fully saturated rings. The molecule has 230 valence electrons. The van der Waals surface area contributed by atoms with Gasteiger partial charge in [0.2, 0.25) is 11.8 Å². The SMILES string of the molecule is COc1ccc(C(Nc2nc(OC)c3ncn([C@@H]4O[C@@](CI)(N=[N+]=[N-])[C@@H](C)[C@H]4F)c3n2)(c2ccccc2)c2ccccc2)cc1.